The molecule has 2 unspecified atom stereocenters. The van der Waals surface area contributed by atoms with Crippen molar-refractivity contribution in [1.82, 2.24) is 5.32 Å². The second kappa shape index (κ2) is 56.9. The maximum atomic E-state index is 12.5. The van der Waals surface area contributed by atoms with Gasteiger partial charge < -0.3 is 20.3 Å². The Kier molecular flexibility index (Phi) is 55.5. The molecule has 6 heteroatoms. The lowest BCUT2D eigenvalue weighted by Gasteiger charge is -2.20. The SMILES string of the molecule is CCCCCCC/C=C\CCCCCCCC(=O)OCCCCCCCCCCCCCCCC(=O)NC(CO)C(O)/C=C/CCCCCCCCCCCCCCCCCCCCCCC. The van der Waals surface area contributed by atoms with Crippen LogP contribution in [0.1, 0.15) is 328 Å². The summed E-state index contributed by atoms with van der Waals surface area (Å²) >= 11 is 0. The first-order chi connectivity index (χ1) is 33.0. The van der Waals surface area contributed by atoms with Gasteiger partial charge >= 0.3 is 5.97 Å². The van der Waals surface area contributed by atoms with Crippen LogP contribution in [0.4, 0.5) is 0 Å². The number of carbonyl (C=O) groups excluding carboxylic acids is 2. The van der Waals surface area contributed by atoms with Gasteiger partial charge in [0.25, 0.3) is 0 Å². The fourth-order valence-corrected chi connectivity index (χ4v) is 9.34. The van der Waals surface area contributed by atoms with E-state index in [1.54, 1.807) is 6.08 Å². The van der Waals surface area contributed by atoms with Gasteiger partial charge in [-0.3, -0.25) is 9.59 Å². The third-order valence-electron chi connectivity index (χ3n) is 14.0. The minimum absolute atomic E-state index is 0.0147. The number of unbranched alkanes of at least 4 members (excludes halogenated alkanes) is 43. The highest BCUT2D eigenvalue weighted by Crippen LogP contribution is 2.17. The van der Waals surface area contributed by atoms with Crippen LogP contribution in [0, 0.1) is 0 Å². The van der Waals surface area contributed by atoms with Crippen LogP contribution in [0.2, 0.25) is 0 Å². The van der Waals surface area contributed by atoms with E-state index in [4.69, 9.17) is 4.74 Å². The minimum Gasteiger partial charge on any atom is -0.466 e. The van der Waals surface area contributed by atoms with Crippen molar-refractivity contribution in [2.24, 2.45) is 0 Å². The molecule has 67 heavy (non-hydrogen) atoms. The molecule has 2 atom stereocenters. The van der Waals surface area contributed by atoms with Crippen molar-refractivity contribution in [3.63, 3.8) is 0 Å². The van der Waals surface area contributed by atoms with Crippen molar-refractivity contribution in [2.45, 2.75) is 341 Å². The van der Waals surface area contributed by atoms with Crippen molar-refractivity contribution in [2.75, 3.05) is 13.2 Å². The lowest BCUT2D eigenvalue weighted by Crippen LogP contribution is -2.45. The standard InChI is InChI=1S/C61H117NO5/c1-3-5-7-9-11-13-15-17-19-20-21-22-23-24-25-26-27-29-33-37-41-45-49-53-59(64)58(57-63)62-60(65)54-50-46-42-38-34-30-28-32-36-40-44-48-52-56-67-61(66)55-51-47-43-39-35-31-18-16-14-12-10-8-6-4-2/h16,18,49,53,58-59,63-64H,3-15,17,19-48,50-52,54-57H2,1-2H3,(H,62,65)/b18-16-,53-49+. The van der Waals surface area contributed by atoms with E-state index in [9.17, 15) is 19.8 Å². The summed E-state index contributed by atoms with van der Waals surface area (Å²) in [4.78, 5) is 24.5. The highest BCUT2D eigenvalue weighted by atomic mass is 16.5. The molecule has 0 aromatic heterocycles. The van der Waals surface area contributed by atoms with E-state index >= 15 is 0 Å². The van der Waals surface area contributed by atoms with E-state index in [0.717, 1.165) is 57.8 Å². The monoisotopic (exact) mass is 944 g/mol. The van der Waals surface area contributed by atoms with Crippen LogP contribution in [0.25, 0.3) is 0 Å². The first-order valence-electron chi connectivity index (χ1n) is 30.1. The number of hydrogen-bond acceptors (Lipinski definition) is 5. The maximum absolute atomic E-state index is 12.5. The van der Waals surface area contributed by atoms with Crippen LogP contribution in [-0.4, -0.2) is 47.4 Å². The molecular weight excluding hydrogens is 827 g/mol. The first kappa shape index (κ1) is 65.3. The highest BCUT2D eigenvalue weighted by molar-refractivity contribution is 5.76. The lowest BCUT2D eigenvalue weighted by molar-refractivity contribution is -0.143. The lowest BCUT2D eigenvalue weighted by atomic mass is 10.0. The summed E-state index contributed by atoms with van der Waals surface area (Å²) in [5.74, 6) is -0.0927. The molecule has 0 aliphatic heterocycles. The number of aliphatic hydroxyl groups is 2. The second-order valence-corrected chi connectivity index (χ2v) is 20.7. The van der Waals surface area contributed by atoms with Gasteiger partial charge in [0.2, 0.25) is 5.91 Å². The predicted molar refractivity (Wildman–Crippen MR) is 292 cm³/mol. The van der Waals surface area contributed by atoms with Gasteiger partial charge in [0, 0.05) is 12.8 Å². The Morgan fingerprint density at radius 3 is 1.06 bits per heavy atom. The van der Waals surface area contributed by atoms with Gasteiger partial charge in [0.1, 0.15) is 0 Å². The molecule has 0 rings (SSSR count). The normalized spacial score (nSPS) is 12.7. The quantitative estimate of drug-likeness (QED) is 0.0321. The van der Waals surface area contributed by atoms with Gasteiger partial charge in [-0.05, 0) is 57.8 Å². The molecule has 0 spiro atoms. The Morgan fingerprint density at radius 2 is 0.701 bits per heavy atom. The molecule has 0 aliphatic rings. The van der Waals surface area contributed by atoms with Crippen LogP contribution in [0.3, 0.4) is 0 Å². The first-order valence-corrected chi connectivity index (χ1v) is 30.1. The van der Waals surface area contributed by atoms with Crippen molar-refractivity contribution in [3.05, 3.63) is 24.3 Å². The average Bonchev–Trinajstić information content (AvgIpc) is 3.33. The molecule has 0 aliphatic carbocycles. The molecule has 396 valence electrons. The van der Waals surface area contributed by atoms with Gasteiger partial charge in [-0.1, -0.05) is 282 Å². The molecule has 0 bridgehead atoms. The van der Waals surface area contributed by atoms with E-state index < -0.39 is 12.1 Å². The van der Waals surface area contributed by atoms with Crippen LogP contribution < -0.4 is 5.32 Å². The molecule has 0 aromatic carbocycles. The topological polar surface area (TPSA) is 95.9 Å². The summed E-state index contributed by atoms with van der Waals surface area (Å²) in [5.41, 5.74) is 0. The van der Waals surface area contributed by atoms with Gasteiger partial charge in [-0.2, -0.15) is 0 Å². The maximum Gasteiger partial charge on any atom is 0.305 e. The predicted octanol–water partition coefficient (Wildman–Crippen LogP) is 18.6. The largest absolute Gasteiger partial charge is 0.466 e. The van der Waals surface area contributed by atoms with Gasteiger partial charge in [0.05, 0.1) is 25.4 Å². The minimum atomic E-state index is -0.854. The fourth-order valence-electron chi connectivity index (χ4n) is 9.34. The van der Waals surface area contributed by atoms with E-state index in [-0.39, 0.29) is 18.5 Å². The number of hydrogen-bond donors (Lipinski definition) is 3. The molecule has 0 saturated carbocycles. The Morgan fingerprint density at radius 1 is 0.403 bits per heavy atom. The summed E-state index contributed by atoms with van der Waals surface area (Å²) in [6, 6.07) is -0.639. The Hall–Kier alpha value is -1.66. The fraction of sp³-hybridized carbons (Fsp3) is 0.902. The molecule has 3 N–H and O–H groups in total. The molecule has 0 fully saturated rings. The second-order valence-electron chi connectivity index (χ2n) is 20.7. The third-order valence-corrected chi connectivity index (χ3v) is 14.0. The van der Waals surface area contributed by atoms with Crippen LogP contribution in [-0.2, 0) is 14.3 Å². The van der Waals surface area contributed by atoms with Crippen molar-refractivity contribution in [3.8, 4) is 0 Å². The smallest absolute Gasteiger partial charge is 0.305 e. The molecule has 0 radical (unpaired) electrons. The Balaban J connectivity index is 3.48. The van der Waals surface area contributed by atoms with E-state index in [1.807, 2.05) is 6.08 Å². The number of amides is 1. The average molecular weight is 945 g/mol. The summed E-state index contributed by atoms with van der Waals surface area (Å²) < 4.78 is 5.46. The molecule has 0 heterocycles. The zero-order valence-corrected chi connectivity index (χ0v) is 45.1. The van der Waals surface area contributed by atoms with Gasteiger partial charge in [0.15, 0.2) is 0 Å². The number of aliphatic hydroxyl groups excluding tert-OH is 2. The molecular formula is C61H117NO5. The summed E-state index contributed by atoms with van der Waals surface area (Å²) in [5, 5.41) is 23.2. The third kappa shape index (κ3) is 53.5. The van der Waals surface area contributed by atoms with E-state index in [0.29, 0.717) is 19.4 Å². The summed E-state index contributed by atoms with van der Waals surface area (Å²) in [7, 11) is 0. The number of allylic oxidation sites excluding steroid dienone is 3. The Labute approximate surface area is 418 Å². The number of ether oxygens (including phenoxy) is 1. The summed E-state index contributed by atoms with van der Waals surface area (Å²) in [6.45, 7) is 4.88. The number of esters is 1. The van der Waals surface area contributed by atoms with Crippen molar-refractivity contribution >= 4 is 11.9 Å². The Bertz CT molecular complexity index is 1040. The molecule has 1 amide bonds. The molecule has 6 nitrogen and oxygen atoms in total. The van der Waals surface area contributed by atoms with Crippen molar-refractivity contribution < 1.29 is 24.5 Å². The zero-order chi connectivity index (χ0) is 48.6. The molecule has 0 saturated heterocycles. The van der Waals surface area contributed by atoms with Crippen LogP contribution in [0.5, 0.6) is 0 Å². The van der Waals surface area contributed by atoms with E-state index in [2.05, 4.69) is 31.3 Å². The van der Waals surface area contributed by atoms with Crippen molar-refractivity contribution in [1.29, 1.82) is 0 Å². The van der Waals surface area contributed by atoms with Gasteiger partial charge in [-0.15, -0.1) is 0 Å². The number of carbonyl (C=O) groups is 2. The van der Waals surface area contributed by atoms with Crippen LogP contribution >= 0.6 is 0 Å². The van der Waals surface area contributed by atoms with E-state index in [1.165, 1.54) is 244 Å². The molecule has 0 aromatic rings. The zero-order valence-electron chi connectivity index (χ0n) is 45.1. The van der Waals surface area contributed by atoms with Crippen LogP contribution in [0.15, 0.2) is 24.3 Å². The van der Waals surface area contributed by atoms with Gasteiger partial charge in [-0.25, -0.2) is 0 Å². The number of nitrogens with one attached hydrogen (secondary N) is 1. The summed E-state index contributed by atoms with van der Waals surface area (Å²) in [6.07, 6.45) is 69.2. The highest BCUT2D eigenvalue weighted by Gasteiger charge is 2.18. The number of rotatable bonds is 56.